The number of aromatic nitrogens is 1. The van der Waals surface area contributed by atoms with Crippen molar-refractivity contribution in [3.05, 3.63) is 59.9 Å². The summed E-state index contributed by atoms with van der Waals surface area (Å²) in [5, 5.41) is 3.35. The highest BCUT2D eigenvalue weighted by Crippen LogP contribution is 2.19. The van der Waals surface area contributed by atoms with Crippen molar-refractivity contribution in [2.45, 2.75) is 32.7 Å². The van der Waals surface area contributed by atoms with Crippen LogP contribution in [0.4, 0.5) is 5.69 Å². The van der Waals surface area contributed by atoms with E-state index >= 15 is 0 Å². The van der Waals surface area contributed by atoms with Crippen LogP contribution in [0.5, 0.6) is 0 Å². The van der Waals surface area contributed by atoms with Gasteiger partial charge >= 0.3 is 0 Å². The van der Waals surface area contributed by atoms with E-state index in [1.807, 2.05) is 47.4 Å². The molecule has 4 nitrogen and oxygen atoms in total. The summed E-state index contributed by atoms with van der Waals surface area (Å²) in [4.78, 5) is 19.1. The van der Waals surface area contributed by atoms with Gasteiger partial charge < -0.3 is 10.2 Å². The minimum Gasteiger partial charge on any atom is -0.379 e. The lowest BCUT2D eigenvalue weighted by molar-refractivity contribution is 0.0760. The standard InChI is InChI=1S/C20H25N3O/c1-16-6-5-12-23(13-10-16)20(24)17-7-4-9-18(14-17)22-15-19-8-2-3-11-21-19/h2-4,7-9,11,14,16,22H,5-6,10,12-13,15H2,1H3. The Balaban J connectivity index is 1.64. The second kappa shape index (κ2) is 7.95. The maximum Gasteiger partial charge on any atom is 0.253 e. The average Bonchev–Trinajstić information content (AvgIpc) is 2.85. The molecule has 1 amide bonds. The van der Waals surface area contributed by atoms with Crippen LogP contribution < -0.4 is 5.32 Å². The first-order chi connectivity index (χ1) is 11.7. The molecule has 1 aliphatic heterocycles. The lowest BCUT2D eigenvalue weighted by atomic mass is 10.0. The maximum atomic E-state index is 12.8. The molecule has 0 spiro atoms. The Morgan fingerprint density at radius 1 is 1.21 bits per heavy atom. The fourth-order valence-electron chi connectivity index (χ4n) is 3.11. The molecule has 2 aromatic rings. The molecule has 1 aromatic carbocycles. The summed E-state index contributed by atoms with van der Waals surface area (Å²) in [7, 11) is 0. The number of nitrogens with one attached hydrogen (secondary N) is 1. The van der Waals surface area contributed by atoms with Crippen molar-refractivity contribution in [1.29, 1.82) is 0 Å². The molecule has 0 radical (unpaired) electrons. The van der Waals surface area contributed by atoms with Gasteiger partial charge in [0.15, 0.2) is 0 Å². The summed E-state index contributed by atoms with van der Waals surface area (Å²) in [6.07, 6.45) is 5.21. The molecule has 3 rings (SSSR count). The van der Waals surface area contributed by atoms with E-state index in [1.165, 1.54) is 6.42 Å². The summed E-state index contributed by atoms with van der Waals surface area (Å²) in [5.74, 6) is 0.861. The maximum absolute atomic E-state index is 12.8. The molecule has 1 saturated heterocycles. The van der Waals surface area contributed by atoms with Crippen LogP contribution in [0.25, 0.3) is 0 Å². The van der Waals surface area contributed by atoms with E-state index in [4.69, 9.17) is 0 Å². The molecular weight excluding hydrogens is 298 g/mol. The zero-order valence-corrected chi connectivity index (χ0v) is 14.2. The molecule has 1 N–H and O–H groups in total. The first kappa shape index (κ1) is 16.5. The first-order valence-electron chi connectivity index (χ1n) is 8.75. The van der Waals surface area contributed by atoms with Crippen molar-refractivity contribution in [2.75, 3.05) is 18.4 Å². The molecule has 0 bridgehead atoms. The van der Waals surface area contributed by atoms with Gasteiger partial charge in [-0.1, -0.05) is 19.1 Å². The highest BCUT2D eigenvalue weighted by Gasteiger charge is 2.19. The quantitative estimate of drug-likeness (QED) is 0.926. The average molecular weight is 323 g/mol. The van der Waals surface area contributed by atoms with Crippen LogP contribution in [0.2, 0.25) is 0 Å². The fraction of sp³-hybridized carbons (Fsp3) is 0.400. The van der Waals surface area contributed by atoms with E-state index in [-0.39, 0.29) is 5.91 Å². The van der Waals surface area contributed by atoms with Crippen molar-refractivity contribution in [2.24, 2.45) is 5.92 Å². The number of nitrogens with zero attached hydrogens (tertiary/aromatic N) is 2. The fourth-order valence-corrected chi connectivity index (χ4v) is 3.11. The number of anilines is 1. The number of amides is 1. The third kappa shape index (κ3) is 4.34. The van der Waals surface area contributed by atoms with E-state index in [0.29, 0.717) is 12.5 Å². The van der Waals surface area contributed by atoms with E-state index in [9.17, 15) is 4.79 Å². The van der Waals surface area contributed by atoms with Crippen LogP contribution in [-0.2, 0) is 6.54 Å². The lowest BCUT2D eigenvalue weighted by Gasteiger charge is -2.21. The number of likely N-dealkylation sites (tertiary alicyclic amines) is 1. The molecule has 1 unspecified atom stereocenters. The number of hydrogen-bond acceptors (Lipinski definition) is 3. The summed E-state index contributed by atoms with van der Waals surface area (Å²) in [5.41, 5.74) is 2.70. The van der Waals surface area contributed by atoms with Crippen LogP contribution in [0.1, 0.15) is 42.2 Å². The zero-order valence-electron chi connectivity index (χ0n) is 14.2. The van der Waals surface area contributed by atoms with E-state index in [2.05, 4.69) is 17.2 Å². The van der Waals surface area contributed by atoms with Crippen LogP contribution in [0.3, 0.4) is 0 Å². The van der Waals surface area contributed by atoms with Gasteiger partial charge in [-0.15, -0.1) is 0 Å². The van der Waals surface area contributed by atoms with Gasteiger partial charge in [-0.25, -0.2) is 0 Å². The molecule has 0 saturated carbocycles. The molecular formula is C20H25N3O. The topological polar surface area (TPSA) is 45.2 Å². The molecule has 1 aliphatic rings. The van der Waals surface area contributed by atoms with Crippen LogP contribution in [0.15, 0.2) is 48.7 Å². The molecule has 2 heterocycles. The number of rotatable bonds is 4. The minimum atomic E-state index is 0.144. The van der Waals surface area contributed by atoms with Crippen molar-refractivity contribution < 1.29 is 4.79 Å². The number of benzene rings is 1. The Kier molecular flexibility index (Phi) is 5.47. The monoisotopic (exact) mass is 323 g/mol. The van der Waals surface area contributed by atoms with Gasteiger partial charge in [-0.05, 0) is 55.5 Å². The van der Waals surface area contributed by atoms with Gasteiger partial charge in [0.05, 0.1) is 12.2 Å². The number of hydrogen-bond donors (Lipinski definition) is 1. The van der Waals surface area contributed by atoms with Gasteiger partial charge in [-0.2, -0.15) is 0 Å². The van der Waals surface area contributed by atoms with Gasteiger partial charge in [0.1, 0.15) is 0 Å². The van der Waals surface area contributed by atoms with E-state index < -0.39 is 0 Å². The Bertz CT molecular complexity index is 672. The van der Waals surface area contributed by atoms with Crippen molar-refractivity contribution >= 4 is 11.6 Å². The van der Waals surface area contributed by atoms with Crippen molar-refractivity contribution in [1.82, 2.24) is 9.88 Å². The van der Waals surface area contributed by atoms with Gasteiger partial charge in [-0.3, -0.25) is 9.78 Å². The number of carbonyl (C=O) groups excluding carboxylic acids is 1. The van der Waals surface area contributed by atoms with Gasteiger partial charge in [0.2, 0.25) is 0 Å². The van der Waals surface area contributed by atoms with Crippen LogP contribution in [-0.4, -0.2) is 28.9 Å². The van der Waals surface area contributed by atoms with Crippen molar-refractivity contribution in [3.8, 4) is 0 Å². The van der Waals surface area contributed by atoms with E-state index in [1.54, 1.807) is 6.20 Å². The van der Waals surface area contributed by atoms with Crippen LogP contribution >= 0.6 is 0 Å². The molecule has 1 atom stereocenters. The summed E-state index contributed by atoms with van der Waals surface area (Å²) >= 11 is 0. The number of carbonyl (C=O) groups is 1. The zero-order chi connectivity index (χ0) is 16.8. The predicted octanol–water partition coefficient (Wildman–Crippen LogP) is 3.96. The first-order valence-corrected chi connectivity index (χ1v) is 8.75. The van der Waals surface area contributed by atoms with E-state index in [0.717, 1.165) is 42.9 Å². The molecule has 126 valence electrons. The Hall–Kier alpha value is -2.36. The highest BCUT2D eigenvalue weighted by atomic mass is 16.2. The second-order valence-corrected chi connectivity index (χ2v) is 6.58. The highest BCUT2D eigenvalue weighted by molar-refractivity contribution is 5.95. The molecule has 4 heteroatoms. The van der Waals surface area contributed by atoms with Crippen molar-refractivity contribution in [3.63, 3.8) is 0 Å². The van der Waals surface area contributed by atoms with Gasteiger partial charge in [0.25, 0.3) is 5.91 Å². The summed E-state index contributed by atoms with van der Waals surface area (Å²) in [6, 6.07) is 13.6. The molecule has 1 fully saturated rings. The third-order valence-corrected chi connectivity index (χ3v) is 4.61. The number of pyridine rings is 1. The smallest absolute Gasteiger partial charge is 0.253 e. The molecule has 1 aromatic heterocycles. The molecule has 0 aliphatic carbocycles. The van der Waals surface area contributed by atoms with Gasteiger partial charge in [0, 0.05) is 30.5 Å². The lowest BCUT2D eigenvalue weighted by Crippen LogP contribution is -2.32. The predicted molar refractivity (Wildman–Crippen MR) is 96.9 cm³/mol. The summed E-state index contributed by atoms with van der Waals surface area (Å²) in [6.45, 7) is 4.66. The SMILES string of the molecule is CC1CCCN(C(=O)c2cccc(NCc3ccccn3)c2)CC1. The second-order valence-electron chi connectivity index (χ2n) is 6.58. The Labute approximate surface area is 143 Å². The third-order valence-electron chi connectivity index (χ3n) is 4.61. The molecule has 24 heavy (non-hydrogen) atoms. The Morgan fingerprint density at radius 2 is 2.12 bits per heavy atom. The largest absolute Gasteiger partial charge is 0.379 e. The minimum absolute atomic E-state index is 0.144. The Morgan fingerprint density at radius 3 is 2.96 bits per heavy atom. The summed E-state index contributed by atoms with van der Waals surface area (Å²) < 4.78 is 0. The normalized spacial score (nSPS) is 18.0. The van der Waals surface area contributed by atoms with Crippen LogP contribution in [0, 0.1) is 5.92 Å².